The van der Waals surface area contributed by atoms with E-state index in [0.29, 0.717) is 5.69 Å². The lowest BCUT2D eigenvalue weighted by Gasteiger charge is -2.13. The predicted octanol–water partition coefficient (Wildman–Crippen LogP) is 4.93. The molecule has 0 aromatic heterocycles. The van der Waals surface area contributed by atoms with Gasteiger partial charge < -0.3 is 15.4 Å². The van der Waals surface area contributed by atoms with Crippen molar-refractivity contribution in [3.63, 3.8) is 0 Å². The molecule has 0 fully saturated rings. The van der Waals surface area contributed by atoms with Gasteiger partial charge in [0.15, 0.2) is 0 Å². The predicted molar refractivity (Wildman–Crippen MR) is 106 cm³/mol. The third kappa shape index (κ3) is 5.81. The Hall–Kier alpha value is -3.41. The maximum absolute atomic E-state index is 12.2. The summed E-state index contributed by atoms with van der Waals surface area (Å²) >= 11 is 0. The highest BCUT2D eigenvalue weighted by Gasteiger charge is 2.07. The molecule has 0 heterocycles. The Morgan fingerprint density at radius 1 is 0.893 bits per heavy atom. The van der Waals surface area contributed by atoms with Crippen LogP contribution in [0.2, 0.25) is 0 Å². The molecule has 3 aromatic rings. The number of carbonyl (C=O) groups excluding carboxylic acids is 1. The minimum absolute atomic E-state index is 0.0426. The average molecular weight is 382 g/mol. The molecule has 0 atom stereocenters. The van der Waals surface area contributed by atoms with E-state index in [1.54, 1.807) is 0 Å². The maximum atomic E-state index is 12.2. The second-order valence-electron chi connectivity index (χ2n) is 6.12. The third-order valence-corrected chi connectivity index (χ3v) is 4.06. The highest BCUT2D eigenvalue weighted by atomic mass is 19.3. The van der Waals surface area contributed by atoms with Gasteiger partial charge >= 0.3 is 6.61 Å². The first-order chi connectivity index (χ1) is 13.6. The van der Waals surface area contributed by atoms with E-state index in [1.165, 1.54) is 29.8 Å². The number of hydrogen-bond acceptors (Lipinski definition) is 3. The number of hydrogen-bond donors (Lipinski definition) is 2. The van der Waals surface area contributed by atoms with Crippen LogP contribution in [0, 0.1) is 0 Å². The van der Waals surface area contributed by atoms with Crippen molar-refractivity contribution in [2.45, 2.75) is 13.0 Å². The van der Waals surface area contributed by atoms with Crippen LogP contribution in [-0.4, -0.2) is 19.1 Å². The number of carbonyl (C=O) groups is 1. The van der Waals surface area contributed by atoms with Gasteiger partial charge in [0.1, 0.15) is 5.75 Å². The number of benzene rings is 3. The second-order valence-corrected chi connectivity index (χ2v) is 6.12. The number of ether oxygens (including phenoxy) is 1. The fraction of sp³-hybridized carbons (Fsp3) is 0.136. The van der Waals surface area contributed by atoms with E-state index in [-0.39, 0.29) is 18.2 Å². The van der Waals surface area contributed by atoms with Gasteiger partial charge in [-0.1, -0.05) is 48.5 Å². The minimum Gasteiger partial charge on any atom is -0.435 e. The Labute approximate surface area is 162 Å². The van der Waals surface area contributed by atoms with Gasteiger partial charge in [-0.15, -0.1) is 0 Å². The Kier molecular flexibility index (Phi) is 6.57. The standard InChI is InChI=1S/C22H20F2N2O2/c23-22(24)28-19-12-10-18(11-13-19)26-21(27)15-25-20-9-5-4-8-17(20)14-16-6-2-1-3-7-16/h1-13,22,25H,14-15H2,(H,26,27). The molecule has 28 heavy (non-hydrogen) atoms. The molecule has 0 saturated heterocycles. The highest BCUT2D eigenvalue weighted by molar-refractivity contribution is 5.93. The van der Waals surface area contributed by atoms with Crippen molar-refractivity contribution in [2.24, 2.45) is 0 Å². The van der Waals surface area contributed by atoms with Gasteiger partial charge in [-0.05, 0) is 47.9 Å². The zero-order valence-electron chi connectivity index (χ0n) is 15.1. The smallest absolute Gasteiger partial charge is 0.387 e. The molecule has 0 aliphatic carbocycles. The van der Waals surface area contributed by atoms with Crippen LogP contribution in [0.1, 0.15) is 11.1 Å². The molecule has 3 aromatic carbocycles. The van der Waals surface area contributed by atoms with Gasteiger partial charge in [-0.3, -0.25) is 4.79 Å². The van der Waals surface area contributed by atoms with Crippen LogP contribution in [-0.2, 0) is 11.2 Å². The molecule has 0 saturated carbocycles. The first-order valence-corrected chi connectivity index (χ1v) is 8.80. The summed E-state index contributed by atoms with van der Waals surface area (Å²) in [4.78, 5) is 12.2. The van der Waals surface area contributed by atoms with Gasteiger partial charge in [0.2, 0.25) is 5.91 Å². The number of rotatable bonds is 8. The van der Waals surface area contributed by atoms with Crippen LogP contribution in [0.5, 0.6) is 5.75 Å². The molecule has 0 spiro atoms. The van der Waals surface area contributed by atoms with Crippen LogP contribution in [0.4, 0.5) is 20.2 Å². The topological polar surface area (TPSA) is 50.4 Å². The summed E-state index contributed by atoms with van der Waals surface area (Å²) in [6.07, 6.45) is 0.761. The second kappa shape index (κ2) is 9.50. The normalized spacial score (nSPS) is 10.5. The minimum atomic E-state index is -2.87. The lowest BCUT2D eigenvalue weighted by molar-refractivity contribution is -0.114. The zero-order valence-corrected chi connectivity index (χ0v) is 15.1. The fourth-order valence-electron chi connectivity index (χ4n) is 2.76. The SMILES string of the molecule is O=C(CNc1ccccc1Cc1ccccc1)Nc1ccc(OC(F)F)cc1. The van der Waals surface area contributed by atoms with Crippen LogP contribution < -0.4 is 15.4 Å². The summed E-state index contributed by atoms with van der Waals surface area (Å²) < 4.78 is 28.6. The molecule has 0 aliphatic heterocycles. The molecule has 0 aliphatic rings. The van der Waals surface area contributed by atoms with Crippen LogP contribution >= 0.6 is 0 Å². The van der Waals surface area contributed by atoms with Crippen molar-refractivity contribution >= 4 is 17.3 Å². The molecule has 3 rings (SSSR count). The van der Waals surface area contributed by atoms with E-state index in [9.17, 15) is 13.6 Å². The first-order valence-electron chi connectivity index (χ1n) is 8.80. The Morgan fingerprint density at radius 2 is 1.57 bits per heavy atom. The first kappa shape index (κ1) is 19.4. The maximum Gasteiger partial charge on any atom is 0.387 e. The average Bonchev–Trinajstić information content (AvgIpc) is 2.69. The van der Waals surface area contributed by atoms with Crippen LogP contribution in [0.15, 0.2) is 78.9 Å². The van der Waals surface area contributed by atoms with Crippen molar-refractivity contribution in [3.05, 3.63) is 90.0 Å². The molecule has 0 unspecified atom stereocenters. The van der Waals surface area contributed by atoms with Crippen molar-refractivity contribution < 1.29 is 18.3 Å². The number of halogens is 2. The van der Waals surface area contributed by atoms with Gasteiger partial charge in [0.25, 0.3) is 0 Å². The lowest BCUT2D eigenvalue weighted by Crippen LogP contribution is -2.22. The number of amides is 1. The Morgan fingerprint density at radius 3 is 2.29 bits per heavy atom. The van der Waals surface area contributed by atoms with E-state index in [2.05, 4.69) is 27.5 Å². The molecule has 1 amide bonds. The summed E-state index contributed by atoms with van der Waals surface area (Å²) in [7, 11) is 0. The van der Waals surface area contributed by atoms with Crippen LogP contribution in [0.3, 0.4) is 0 Å². The summed E-state index contributed by atoms with van der Waals surface area (Å²) in [5.74, 6) is -0.196. The van der Waals surface area contributed by atoms with Crippen molar-refractivity contribution in [3.8, 4) is 5.75 Å². The van der Waals surface area contributed by atoms with E-state index in [4.69, 9.17) is 0 Å². The largest absolute Gasteiger partial charge is 0.435 e. The molecule has 144 valence electrons. The molecule has 2 N–H and O–H groups in total. The number of nitrogens with one attached hydrogen (secondary N) is 2. The van der Waals surface area contributed by atoms with Gasteiger partial charge in [-0.25, -0.2) is 0 Å². The number of alkyl halides is 2. The summed E-state index contributed by atoms with van der Waals surface area (Å²) in [5.41, 5.74) is 3.68. The third-order valence-electron chi connectivity index (χ3n) is 4.06. The number of anilines is 2. The Balaban J connectivity index is 1.56. The summed E-state index contributed by atoms with van der Waals surface area (Å²) in [6, 6.07) is 23.7. The quantitative estimate of drug-likeness (QED) is 0.581. The summed E-state index contributed by atoms with van der Waals surface area (Å²) in [5, 5.41) is 5.87. The van der Waals surface area contributed by atoms with E-state index < -0.39 is 6.61 Å². The molecular weight excluding hydrogens is 362 g/mol. The Bertz CT molecular complexity index is 900. The zero-order chi connectivity index (χ0) is 19.8. The van der Waals surface area contributed by atoms with Crippen molar-refractivity contribution in [2.75, 3.05) is 17.2 Å². The molecular formula is C22H20F2N2O2. The van der Waals surface area contributed by atoms with Gasteiger partial charge in [0.05, 0.1) is 6.54 Å². The van der Waals surface area contributed by atoms with Gasteiger partial charge in [0, 0.05) is 11.4 Å². The molecule has 0 bridgehead atoms. The van der Waals surface area contributed by atoms with E-state index in [0.717, 1.165) is 17.7 Å². The van der Waals surface area contributed by atoms with Crippen molar-refractivity contribution in [1.82, 2.24) is 0 Å². The number of para-hydroxylation sites is 1. The van der Waals surface area contributed by atoms with E-state index >= 15 is 0 Å². The highest BCUT2D eigenvalue weighted by Crippen LogP contribution is 2.20. The van der Waals surface area contributed by atoms with Crippen LogP contribution in [0.25, 0.3) is 0 Å². The lowest BCUT2D eigenvalue weighted by atomic mass is 10.0. The van der Waals surface area contributed by atoms with Crippen molar-refractivity contribution in [1.29, 1.82) is 0 Å². The van der Waals surface area contributed by atoms with Gasteiger partial charge in [-0.2, -0.15) is 8.78 Å². The monoisotopic (exact) mass is 382 g/mol. The molecule has 6 heteroatoms. The molecule has 0 radical (unpaired) electrons. The van der Waals surface area contributed by atoms with E-state index in [1.807, 2.05) is 42.5 Å². The summed E-state index contributed by atoms with van der Waals surface area (Å²) in [6.45, 7) is -2.79. The fourth-order valence-corrected chi connectivity index (χ4v) is 2.76. The molecule has 4 nitrogen and oxygen atoms in total.